The Morgan fingerprint density at radius 3 is 2.22 bits per heavy atom. The van der Waals surface area contributed by atoms with Gasteiger partial charge in [-0.3, -0.25) is 5.32 Å². The first-order valence-electron chi connectivity index (χ1n) is 6.98. The van der Waals surface area contributed by atoms with Gasteiger partial charge in [0.05, 0.1) is 5.56 Å². The highest BCUT2D eigenvalue weighted by atomic mass is 19.4. The fraction of sp³-hybridized carbons (Fsp3) is 0.250. The molecule has 0 radical (unpaired) electrons. The van der Waals surface area contributed by atoms with Crippen molar-refractivity contribution in [2.45, 2.75) is 26.1 Å². The number of hydrogen-bond donors (Lipinski definition) is 1. The lowest BCUT2D eigenvalue weighted by Gasteiger charge is -2.11. The van der Waals surface area contributed by atoms with Crippen LogP contribution in [0.2, 0.25) is 0 Å². The molecule has 1 heterocycles. The molecular formula is C16H17F3N2O2. The van der Waals surface area contributed by atoms with E-state index in [9.17, 15) is 18.0 Å². The van der Waals surface area contributed by atoms with Crippen molar-refractivity contribution in [3.63, 3.8) is 0 Å². The summed E-state index contributed by atoms with van der Waals surface area (Å²) in [5.41, 5.74) is -0.887. The summed E-state index contributed by atoms with van der Waals surface area (Å²) in [6.45, 7) is 4.00. The third kappa shape index (κ3) is 6.37. The van der Waals surface area contributed by atoms with Crippen molar-refractivity contribution in [2.75, 3.05) is 5.32 Å². The first kappa shape index (κ1) is 18.5. The first-order chi connectivity index (χ1) is 10.9. The van der Waals surface area contributed by atoms with Crippen molar-refractivity contribution < 1.29 is 22.7 Å². The van der Waals surface area contributed by atoms with Crippen LogP contribution < -0.4 is 5.32 Å². The van der Waals surface area contributed by atoms with Crippen molar-refractivity contribution in [3.05, 3.63) is 60.3 Å². The van der Waals surface area contributed by atoms with Crippen molar-refractivity contribution in [3.8, 4) is 0 Å². The van der Waals surface area contributed by atoms with Gasteiger partial charge < -0.3 is 4.74 Å². The van der Waals surface area contributed by atoms with E-state index in [-0.39, 0.29) is 5.82 Å². The van der Waals surface area contributed by atoms with Gasteiger partial charge in [0.25, 0.3) is 0 Å². The van der Waals surface area contributed by atoms with E-state index in [4.69, 9.17) is 4.74 Å². The summed E-state index contributed by atoms with van der Waals surface area (Å²) in [5, 5.41) is 2.26. The second-order valence-corrected chi connectivity index (χ2v) is 4.08. The number of nitrogens with one attached hydrogen (secondary N) is 1. The molecule has 1 aliphatic carbocycles. The molecule has 1 aromatic rings. The molecule has 0 saturated carbocycles. The van der Waals surface area contributed by atoms with Crippen LogP contribution in [0.25, 0.3) is 0 Å². The number of halogens is 3. The molecule has 4 nitrogen and oxygen atoms in total. The molecule has 1 aromatic heterocycles. The van der Waals surface area contributed by atoms with E-state index < -0.39 is 23.9 Å². The number of aromatic nitrogens is 1. The molecule has 0 aromatic carbocycles. The summed E-state index contributed by atoms with van der Waals surface area (Å²) >= 11 is 0. The average Bonchev–Trinajstić information content (AvgIpc) is 2.77. The van der Waals surface area contributed by atoms with Gasteiger partial charge in [-0.1, -0.05) is 38.2 Å². The Hall–Kier alpha value is -2.57. The normalized spacial score (nSPS) is 13.8. The Bertz CT molecular complexity index is 574. The van der Waals surface area contributed by atoms with Gasteiger partial charge in [-0.05, 0) is 24.3 Å². The molecule has 1 amide bonds. The molecule has 124 valence electrons. The van der Waals surface area contributed by atoms with Gasteiger partial charge in [0.15, 0.2) is 0 Å². The van der Waals surface area contributed by atoms with Crippen LogP contribution in [-0.2, 0) is 10.9 Å². The molecule has 0 atom stereocenters. The number of pyridine rings is 1. The van der Waals surface area contributed by atoms with E-state index in [2.05, 4.69) is 10.3 Å². The number of carbonyl (C=O) groups excluding carboxylic acids is 1. The fourth-order valence-corrected chi connectivity index (χ4v) is 1.51. The van der Waals surface area contributed by atoms with Gasteiger partial charge in [-0.2, -0.15) is 13.2 Å². The number of amides is 1. The minimum atomic E-state index is -4.46. The van der Waals surface area contributed by atoms with Gasteiger partial charge in [-0.25, -0.2) is 9.78 Å². The van der Waals surface area contributed by atoms with E-state index in [0.717, 1.165) is 12.1 Å². The number of hydrogen-bond acceptors (Lipinski definition) is 3. The van der Waals surface area contributed by atoms with Gasteiger partial charge in [-0.15, -0.1) is 0 Å². The smallest absolute Gasteiger partial charge is 0.417 e. The van der Waals surface area contributed by atoms with E-state index in [0.29, 0.717) is 6.20 Å². The number of ether oxygens (including phenoxy) is 1. The Morgan fingerprint density at radius 1 is 1.13 bits per heavy atom. The highest BCUT2D eigenvalue weighted by Gasteiger charge is 2.30. The number of alkyl halides is 3. The Balaban J connectivity index is 0.00000127. The lowest BCUT2D eigenvalue weighted by atomic mass is 10.3. The van der Waals surface area contributed by atoms with Gasteiger partial charge in [0.1, 0.15) is 11.9 Å². The van der Waals surface area contributed by atoms with Crippen molar-refractivity contribution in [2.24, 2.45) is 0 Å². The highest BCUT2D eigenvalue weighted by Crippen LogP contribution is 2.28. The second-order valence-electron chi connectivity index (χ2n) is 4.08. The van der Waals surface area contributed by atoms with Crippen molar-refractivity contribution >= 4 is 11.9 Å². The van der Waals surface area contributed by atoms with E-state index >= 15 is 0 Å². The molecule has 0 spiro atoms. The summed E-state index contributed by atoms with van der Waals surface area (Å²) in [7, 11) is 0. The zero-order valence-electron chi connectivity index (χ0n) is 12.7. The number of allylic oxidation sites excluding steroid dienone is 4. The van der Waals surface area contributed by atoms with Crippen molar-refractivity contribution in [1.29, 1.82) is 0 Å². The average molecular weight is 326 g/mol. The molecule has 23 heavy (non-hydrogen) atoms. The maximum Gasteiger partial charge on any atom is 0.417 e. The Morgan fingerprint density at radius 2 is 1.74 bits per heavy atom. The van der Waals surface area contributed by atoms with Crippen LogP contribution in [0.3, 0.4) is 0 Å². The Labute approximate surface area is 132 Å². The van der Waals surface area contributed by atoms with Crippen LogP contribution in [0.5, 0.6) is 0 Å². The molecule has 0 fully saturated rings. The third-order valence-corrected chi connectivity index (χ3v) is 2.50. The fourth-order valence-electron chi connectivity index (χ4n) is 1.51. The zero-order valence-corrected chi connectivity index (χ0v) is 12.7. The molecule has 0 unspecified atom stereocenters. The Kier molecular flexibility index (Phi) is 7.05. The number of anilines is 1. The topological polar surface area (TPSA) is 51.2 Å². The van der Waals surface area contributed by atoms with Gasteiger partial charge in [0.2, 0.25) is 0 Å². The van der Waals surface area contributed by atoms with E-state index in [1.807, 2.05) is 13.8 Å². The van der Waals surface area contributed by atoms with Crippen LogP contribution in [0.1, 0.15) is 19.4 Å². The second kappa shape index (κ2) is 8.77. The van der Waals surface area contributed by atoms with Gasteiger partial charge in [0, 0.05) is 6.20 Å². The lowest BCUT2D eigenvalue weighted by molar-refractivity contribution is -0.137. The molecule has 0 aliphatic heterocycles. The summed E-state index contributed by atoms with van der Waals surface area (Å²) in [6, 6.07) is 1.89. The minimum Gasteiger partial charge on any atom is -0.437 e. The van der Waals surface area contributed by atoms with Crippen LogP contribution >= 0.6 is 0 Å². The third-order valence-electron chi connectivity index (χ3n) is 2.50. The summed E-state index contributed by atoms with van der Waals surface area (Å²) in [5.74, 6) is -0.0206. The van der Waals surface area contributed by atoms with Crippen LogP contribution in [-0.4, -0.2) is 17.2 Å². The van der Waals surface area contributed by atoms with Crippen LogP contribution in [0, 0.1) is 0 Å². The predicted molar refractivity (Wildman–Crippen MR) is 81.9 cm³/mol. The standard InChI is InChI=1S/C14H11F3N2O2.C2H6/c15-14(16,17)10-7-8-12(18-9-10)19-13(20)21-11-5-3-1-2-4-6-11;1-2/h1-9,11H,(H,18,19,20);1-2H3. The molecule has 0 bridgehead atoms. The largest absolute Gasteiger partial charge is 0.437 e. The molecule has 1 N–H and O–H groups in total. The SMILES string of the molecule is CC.O=C(Nc1ccc(C(F)(F)F)cn1)OC1C=CC=CC=C1. The summed E-state index contributed by atoms with van der Waals surface area (Å²) < 4.78 is 42.1. The lowest BCUT2D eigenvalue weighted by Crippen LogP contribution is -2.20. The molecule has 2 rings (SSSR count). The number of rotatable bonds is 2. The predicted octanol–water partition coefficient (Wildman–Crippen LogP) is 4.73. The van der Waals surface area contributed by atoms with Crippen molar-refractivity contribution in [1.82, 2.24) is 4.98 Å². The van der Waals surface area contributed by atoms with Gasteiger partial charge >= 0.3 is 12.3 Å². The zero-order chi connectivity index (χ0) is 17.3. The molecule has 7 heteroatoms. The van der Waals surface area contributed by atoms with E-state index in [1.54, 1.807) is 36.5 Å². The van der Waals surface area contributed by atoms with E-state index in [1.165, 1.54) is 0 Å². The maximum absolute atomic E-state index is 12.4. The summed E-state index contributed by atoms with van der Waals surface area (Å²) in [4.78, 5) is 15.1. The monoisotopic (exact) mass is 326 g/mol. The minimum absolute atomic E-state index is 0.0206. The highest BCUT2D eigenvalue weighted by molar-refractivity contribution is 5.83. The molecule has 1 aliphatic rings. The number of nitrogens with zero attached hydrogens (tertiary/aromatic N) is 1. The first-order valence-corrected chi connectivity index (χ1v) is 6.98. The molecular weight excluding hydrogens is 309 g/mol. The quantitative estimate of drug-likeness (QED) is 0.855. The van der Waals surface area contributed by atoms with Crippen LogP contribution in [0.15, 0.2) is 54.8 Å². The molecule has 0 saturated heterocycles. The van der Waals surface area contributed by atoms with Crippen LogP contribution in [0.4, 0.5) is 23.8 Å². The number of carbonyl (C=O) groups is 1. The summed E-state index contributed by atoms with van der Waals surface area (Å²) in [6.07, 6.45) is 5.12. The maximum atomic E-state index is 12.4.